The van der Waals surface area contributed by atoms with Crippen LogP contribution in [-0.2, 0) is 0 Å². The first-order valence-electron chi connectivity index (χ1n) is 7.08. The van der Waals surface area contributed by atoms with Gasteiger partial charge in [0.2, 0.25) is 0 Å². The highest BCUT2D eigenvalue weighted by Crippen LogP contribution is 2.32. The highest BCUT2D eigenvalue weighted by Gasteiger charge is 2.12. The Morgan fingerprint density at radius 3 is 2.28 bits per heavy atom. The zero-order chi connectivity index (χ0) is 18.4. The van der Waals surface area contributed by atoms with Gasteiger partial charge in [-0.2, -0.15) is 5.10 Å². The SMILES string of the molecule is COc1cc(Br)c(/C=N/NC(=O)c2cc(Br)ccc2OC)cc1OC. The number of benzene rings is 2. The Morgan fingerprint density at radius 1 is 1.00 bits per heavy atom. The second kappa shape index (κ2) is 8.87. The Morgan fingerprint density at radius 2 is 1.64 bits per heavy atom. The van der Waals surface area contributed by atoms with Gasteiger partial charge < -0.3 is 14.2 Å². The van der Waals surface area contributed by atoms with Crippen LogP contribution < -0.4 is 19.6 Å². The second-order valence-electron chi connectivity index (χ2n) is 4.77. The number of amides is 1. The lowest BCUT2D eigenvalue weighted by atomic mass is 10.2. The molecule has 25 heavy (non-hydrogen) atoms. The Kier molecular flexibility index (Phi) is 6.83. The summed E-state index contributed by atoms with van der Waals surface area (Å²) in [4.78, 5) is 12.3. The van der Waals surface area contributed by atoms with E-state index in [2.05, 4.69) is 42.4 Å². The molecule has 0 atom stereocenters. The number of hydrogen-bond donors (Lipinski definition) is 1. The zero-order valence-electron chi connectivity index (χ0n) is 13.8. The molecule has 8 heteroatoms. The number of carbonyl (C=O) groups is 1. The van der Waals surface area contributed by atoms with E-state index in [0.29, 0.717) is 22.8 Å². The Hall–Kier alpha value is -2.06. The Labute approximate surface area is 162 Å². The summed E-state index contributed by atoms with van der Waals surface area (Å²) >= 11 is 6.76. The average Bonchev–Trinajstić information content (AvgIpc) is 2.62. The van der Waals surface area contributed by atoms with E-state index < -0.39 is 0 Å². The molecule has 0 bridgehead atoms. The number of carbonyl (C=O) groups excluding carboxylic acids is 1. The van der Waals surface area contributed by atoms with Crippen LogP contribution in [0.5, 0.6) is 17.2 Å². The fraction of sp³-hybridized carbons (Fsp3) is 0.176. The van der Waals surface area contributed by atoms with Gasteiger partial charge in [0.05, 0.1) is 33.1 Å². The summed E-state index contributed by atoms with van der Waals surface area (Å²) in [5.41, 5.74) is 3.58. The molecule has 2 aromatic carbocycles. The molecule has 0 saturated heterocycles. The molecule has 0 unspecified atom stereocenters. The number of hydrogen-bond acceptors (Lipinski definition) is 5. The van der Waals surface area contributed by atoms with Crippen molar-refractivity contribution in [2.45, 2.75) is 0 Å². The van der Waals surface area contributed by atoms with Gasteiger partial charge in [-0.1, -0.05) is 15.9 Å². The summed E-state index contributed by atoms with van der Waals surface area (Å²) in [6.07, 6.45) is 1.51. The third kappa shape index (κ3) is 4.73. The van der Waals surface area contributed by atoms with E-state index in [-0.39, 0.29) is 5.91 Å². The van der Waals surface area contributed by atoms with Gasteiger partial charge in [0.15, 0.2) is 11.5 Å². The van der Waals surface area contributed by atoms with E-state index >= 15 is 0 Å². The van der Waals surface area contributed by atoms with E-state index in [1.54, 1.807) is 44.6 Å². The zero-order valence-corrected chi connectivity index (χ0v) is 17.0. The standard InChI is InChI=1S/C17H16Br2N2O4/c1-23-14-5-4-11(18)7-12(14)17(22)21-20-9-10-6-15(24-2)16(25-3)8-13(10)19/h4-9H,1-3H3,(H,21,22)/b20-9+. The maximum Gasteiger partial charge on any atom is 0.275 e. The number of methoxy groups -OCH3 is 3. The molecule has 0 saturated carbocycles. The minimum absolute atomic E-state index is 0.375. The fourth-order valence-corrected chi connectivity index (χ4v) is 2.83. The van der Waals surface area contributed by atoms with Crippen LogP contribution in [0.25, 0.3) is 0 Å². The number of rotatable bonds is 6. The molecule has 1 amide bonds. The molecule has 6 nitrogen and oxygen atoms in total. The summed E-state index contributed by atoms with van der Waals surface area (Å²) in [6.45, 7) is 0. The number of nitrogens with zero attached hydrogens (tertiary/aromatic N) is 1. The number of hydrazone groups is 1. The first kappa shape index (κ1) is 19.3. The summed E-state index contributed by atoms with van der Waals surface area (Å²) in [7, 11) is 4.61. The van der Waals surface area contributed by atoms with Crippen LogP contribution in [0.2, 0.25) is 0 Å². The quantitative estimate of drug-likeness (QED) is 0.510. The summed E-state index contributed by atoms with van der Waals surface area (Å²) in [5, 5.41) is 3.99. The van der Waals surface area contributed by atoms with Gasteiger partial charge in [-0.05, 0) is 46.3 Å². The molecule has 2 rings (SSSR count). The Balaban J connectivity index is 2.18. The second-order valence-corrected chi connectivity index (χ2v) is 6.54. The van der Waals surface area contributed by atoms with E-state index in [1.165, 1.54) is 13.3 Å². The molecule has 0 aliphatic rings. The third-order valence-electron chi connectivity index (χ3n) is 3.28. The van der Waals surface area contributed by atoms with E-state index in [1.807, 2.05) is 0 Å². The van der Waals surface area contributed by atoms with Gasteiger partial charge in [0, 0.05) is 14.5 Å². The van der Waals surface area contributed by atoms with Crippen molar-refractivity contribution in [2.24, 2.45) is 5.10 Å². The maximum atomic E-state index is 12.3. The molecule has 132 valence electrons. The molecule has 0 aromatic heterocycles. The van der Waals surface area contributed by atoms with Gasteiger partial charge in [-0.3, -0.25) is 4.79 Å². The highest BCUT2D eigenvalue weighted by atomic mass is 79.9. The lowest BCUT2D eigenvalue weighted by Gasteiger charge is -2.10. The highest BCUT2D eigenvalue weighted by molar-refractivity contribution is 9.10. The topological polar surface area (TPSA) is 69.2 Å². The maximum absolute atomic E-state index is 12.3. The first-order chi connectivity index (χ1) is 12.0. The molecule has 0 aliphatic heterocycles. The van der Waals surface area contributed by atoms with Crippen LogP contribution in [0, 0.1) is 0 Å². The Bertz CT molecular complexity index is 809. The van der Waals surface area contributed by atoms with E-state index in [0.717, 1.165) is 14.5 Å². The normalized spacial score (nSPS) is 10.6. The number of ether oxygens (including phenoxy) is 3. The predicted molar refractivity (Wildman–Crippen MR) is 103 cm³/mol. The van der Waals surface area contributed by atoms with Crippen LogP contribution >= 0.6 is 31.9 Å². The molecule has 0 heterocycles. The smallest absolute Gasteiger partial charge is 0.275 e. The van der Waals surface area contributed by atoms with Crippen LogP contribution in [0.4, 0.5) is 0 Å². The van der Waals surface area contributed by atoms with E-state index in [4.69, 9.17) is 14.2 Å². The van der Waals surface area contributed by atoms with Crippen molar-refractivity contribution in [3.8, 4) is 17.2 Å². The van der Waals surface area contributed by atoms with Crippen LogP contribution in [0.1, 0.15) is 15.9 Å². The molecule has 0 spiro atoms. The fourth-order valence-electron chi connectivity index (χ4n) is 2.05. The monoisotopic (exact) mass is 470 g/mol. The van der Waals surface area contributed by atoms with Crippen molar-refractivity contribution in [3.63, 3.8) is 0 Å². The van der Waals surface area contributed by atoms with Gasteiger partial charge in [0.1, 0.15) is 5.75 Å². The first-order valence-corrected chi connectivity index (χ1v) is 8.67. The average molecular weight is 472 g/mol. The summed E-state index contributed by atoms with van der Waals surface area (Å²) in [5.74, 6) is 1.23. The molecule has 0 radical (unpaired) electrons. The van der Waals surface area contributed by atoms with Gasteiger partial charge in [-0.15, -0.1) is 0 Å². The van der Waals surface area contributed by atoms with Crippen LogP contribution in [0.3, 0.4) is 0 Å². The van der Waals surface area contributed by atoms with Gasteiger partial charge in [-0.25, -0.2) is 5.43 Å². The molecular weight excluding hydrogens is 456 g/mol. The van der Waals surface area contributed by atoms with Crippen molar-refractivity contribution < 1.29 is 19.0 Å². The van der Waals surface area contributed by atoms with Crippen molar-refractivity contribution in [2.75, 3.05) is 21.3 Å². The minimum Gasteiger partial charge on any atom is -0.496 e. The number of halogens is 2. The molecule has 0 fully saturated rings. The lowest BCUT2D eigenvalue weighted by molar-refractivity contribution is 0.0952. The molecular formula is C17H16Br2N2O4. The third-order valence-corrected chi connectivity index (χ3v) is 4.46. The van der Waals surface area contributed by atoms with Crippen molar-refractivity contribution in [1.29, 1.82) is 0 Å². The van der Waals surface area contributed by atoms with Crippen LogP contribution in [0.15, 0.2) is 44.4 Å². The van der Waals surface area contributed by atoms with Crippen molar-refractivity contribution >= 4 is 44.0 Å². The van der Waals surface area contributed by atoms with Gasteiger partial charge >= 0.3 is 0 Å². The van der Waals surface area contributed by atoms with Crippen molar-refractivity contribution in [1.82, 2.24) is 5.43 Å². The number of nitrogens with one attached hydrogen (secondary N) is 1. The molecule has 1 N–H and O–H groups in total. The lowest BCUT2D eigenvalue weighted by Crippen LogP contribution is -2.18. The predicted octanol–water partition coefficient (Wildman–Crippen LogP) is 4.00. The van der Waals surface area contributed by atoms with Crippen LogP contribution in [-0.4, -0.2) is 33.5 Å². The van der Waals surface area contributed by atoms with Gasteiger partial charge in [0.25, 0.3) is 5.91 Å². The largest absolute Gasteiger partial charge is 0.496 e. The van der Waals surface area contributed by atoms with E-state index in [9.17, 15) is 4.79 Å². The van der Waals surface area contributed by atoms with Crippen molar-refractivity contribution in [3.05, 3.63) is 50.4 Å². The molecule has 0 aliphatic carbocycles. The summed E-state index contributed by atoms with van der Waals surface area (Å²) in [6, 6.07) is 8.67. The minimum atomic E-state index is -0.383. The summed E-state index contributed by atoms with van der Waals surface area (Å²) < 4.78 is 17.2. The molecule has 2 aromatic rings.